The molecule has 88 valence electrons. The second-order valence-corrected chi connectivity index (χ2v) is 4.34. The van der Waals surface area contributed by atoms with E-state index in [0.29, 0.717) is 22.1 Å². The van der Waals surface area contributed by atoms with Gasteiger partial charge < -0.3 is 11.1 Å². The summed E-state index contributed by atoms with van der Waals surface area (Å²) < 4.78 is 13.7. The van der Waals surface area contributed by atoms with Gasteiger partial charge in [0.1, 0.15) is 16.2 Å². The molecular weight excluding hydrogens is 287 g/mol. The first-order chi connectivity index (χ1) is 8.04. The molecule has 0 saturated heterocycles. The summed E-state index contributed by atoms with van der Waals surface area (Å²) in [6.07, 6.45) is 0. The summed E-state index contributed by atoms with van der Waals surface area (Å²) in [5, 5.41) is 2.92. The maximum absolute atomic E-state index is 13.1. The SMILES string of the molecule is Cc1ccc(F)cc1Nc1nc(N)cc(Br)n1. The molecule has 1 aromatic carbocycles. The van der Waals surface area contributed by atoms with Gasteiger partial charge in [-0.3, -0.25) is 0 Å². The van der Waals surface area contributed by atoms with E-state index in [9.17, 15) is 4.39 Å². The molecule has 0 radical (unpaired) electrons. The largest absolute Gasteiger partial charge is 0.383 e. The van der Waals surface area contributed by atoms with Gasteiger partial charge in [-0.05, 0) is 40.5 Å². The molecular formula is C11H10BrFN4. The van der Waals surface area contributed by atoms with E-state index in [1.54, 1.807) is 12.1 Å². The average Bonchev–Trinajstić information content (AvgIpc) is 2.22. The molecule has 0 saturated carbocycles. The average molecular weight is 297 g/mol. The molecule has 1 aromatic heterocycles. The molecule has 0 fully saturated rings. The maximum atomic E-state index is 13.1. The predicted molar refractivity (Wildman–Crippen MR) is 68.6 cm³/mol. The second kappa shape index (κ2) is 4.67. The molecule has 0 bridgehead atoms. The van der Waals surface area contributed by atoms with Gasteiger partial charge in [0.2, 0.25) is 5.95 Å². The van der Waals surface area contributed by atoms with E-state index >= 15 is 0 Å². The Hall–Kier alpha value is -1.69. The van der Waals surface area contributed by atoms with Crippen LogP contribution in [-0.2, 0) is 0 Å². The molecule has 2 aromatic rings. The standard InChI is InChI=1S/C11H10BrFN4/c1-6-2-3-7(13)4-8(6)15-11-16-9(12)5-10(14)17-11/h2-5H,1H3,(H3,14,15,16,17). The smallest absolute Gasteiger partial charge is 0.230 e. The highest BCUT2D eigenvalue weighted by molar-refractivity contribution is 9.10. The Morgan fingerprint density at radius 1 is 1.29 bits per heavy atom. The highest BCUT2D eigenvalue weighted by Crippen LogP contribution is 2.21. The Labute approximate surface area is 106 Å². The highest BCUT2D eigenvalue weighted by Gasteiger charge is 2.04. The Morgan fingerprint density at radius 3 is 2.76 bits per heavy atom. The number of nitrogens with one attached hydrogen (secondary N) is 1. The Kier molecular flexibility index (Phi) is 3.23. The molecule has 0 aliphatic heterocycles. The lowest BCUT2D eigenvalue weighted by atomic mass is 10.2. The number of nitrogen functional groups attached to an aromatic ring is 1. The lowest BCUT2D eigenvalue weighted by molar-refractivity contribution is 0.628. The van der Waals surface area contributed by atoms with Crippen LogP contribution in [0.1, 0.15) is 5.56 Å². The van der Waals surface area contributed by atoms with Crippen molar-refractivity contribution in [2.24, 2.45) is 0 Å². The molecule has 0 amide bonds. The number of halogens is 2. The van der Waals surface area contributed by atoms with Gasteiger partial charge in [-0.2, -0.15) is 4.98 Å². The van der Waals surface area contributed by atoms with E-state index in [2.05, 4.69) is 31.2 Å². The van der Waals surface area contributed by atoms with Crippen LogP contribution in [0.3, 0.4) is 0 Å². The monoisotopic (exact) mass is 296 g/mol. The van der Waals surface area contributed by atoms with E-state index in [1.807, 2.05) is 6.92 Å². The van der Waals surface area contributed by atoms with Crippen molar-refractivity contribution in [1.29, 1.82) is 0 Å². The fourth-order valence-corrected chi connectivity index (χ4v) is 1.74. The van der Waals surface area contributed by atoms with Crippen molar-refractivity contribution in [3.63, 3.8) is 0 Å². The van der Waals surface area contributed by atoms with Crippen molar-refractivity contribution in [1.82, 2.24) is 9.97 Å². The molecule has 1 heterocycles. The van der Waals surface area contributed by atoms with E-state index in [1.165, 1.54) is 12.1 Å². The summed E-state index contributed by atoms with van der Waals surface area (Å²) in [7, 11) is 0. The molecule has 0 spiro atoms. The molecule has 3 N–H and O–H groups in total. The maximum Gasteiger partial charge on any atom is 0.230 e. The molecule has 0 unspecified atom stereocenters. The number of nitrogens with zero attached hydrogens (tertiary/aromatic N) is 2. The zero-order valence-corrected chi connectivity index (χ0v) is 10.6. The van der Waals surface area contributed by atoms with E-state index in [4.69, 9.17) is 5.73 Å². The van der Waals surface area contributed by atoms with Crippen LogP contribution in [0.4, 0.5) is 21.8 Å². The summed E-state index contributed by atoms with van der Waals surface area (Å²) in [5.74, 6) is 0.343. The Morgan fingerprint density at radius 2 is 2.06 bits per heavy atom. The summed E-state index contributed by atoms with van der Waals surface area (Å²) in [6.45, 7) is 1.86. The third kappa shape index (κ3) is 2.91. The van der Waals surface area contributed by atoms with Crippen molar-refractivity contribution < 1.29 is 4.39 Å². The number of rotatable bonds is 2. The fourth-order valence-electron chi connectivity index (χ4n) is 1.34. The second-order valence-electron chi connectivity index (χ2n) is 3.52. The van der Waals surface area contributed by atoms with Gasteiger partial charge in [0.15, 0.2) is 0 Å². The van der Waals surface area contributed by atoms with E-state index < -0.39 is 0 Å². The van der Waals surface area contributed by atoms with Gasteiger partial charge >= 0.3 is 0 Å². The summed E-state index contributed by atoms with van der Waals surface area (Å²) >= 11 is 3.21. The number of hydrogen-bond donors (Lipinski definition) is 2. The zero-order chi connectivity index (χ0) is 12.4. The lowest BCUT2D eigenvalue weighted by Gasteiger charge is -2.08. The van der Waals surface area contributed by atoms with Gasteiger partial charge in [-0.1, -0.05) is 6.07 Å². The van der Waals surface area contributed by atoms with E-state index in [-0.39, 0.29) is 5.82 Å². The number of aryl methyl sites for hydroxylation is 1. The van der Waals surface area contributed by atoms with Gasteiger partial charge in [0.05, 0.1) is 0 Å². The Bertz CT molecular complexity index is 539. The topological polar surface area (TPSA) is 63.8 Å². The van der Waals surface area contributed by atoms with Crippen molar-refractivity contribution >= 4 is 33.4 Å². The van der Waals surface area contributed by atoms with Crippen LogP contribution in [0.2, 0.25) is 0 Å². The Balaban J connectivity index is 2.34. The molecule has 0 aliphatic rings. The van der Waals surface area contributed by atoms with Gasteiger partial charge in [0.25, 0.3) is 0 Å². The third-order valence-corrected chi connectivity index (χ3v) is 2.57. The molecule has 6 heteroatoms. The number of hydrogen-bond acceptors (Lipinski definition) is 4. The van der Waals surface area contributed by atoms with Crippen molar-refractivity contribution in [3.05, 3.63) is 40.2 Å². The predicted octanol–water partition coefficient (Wildman–Crippen LogP) is 3.01. The summed E-state index contributed by atoms with van der Waals surface area (Å²) in [6, 6.07) is 6.05. The molecule has 0 atom stereocenters. The van der Waals surface area contributed by atoms with Crippen LogP contribution in [0.5, 0.6) is 0 Å². The fraction of sp³-hybridized carbons (Fsp3) is 0.0909. The number of aromatic nitrogens is 2. The van der Waals surface area contributed by atoms with Crippen molar-refractivity contribution in [2.75, 3.05) is 11.1 Å². The quantitative estimate of drug-likeness (QED) is 0.836. The van der Waals surface area contributed by atoms with Crippen LogP contribution in [0.15, 0.2) is 28.9 Å². The molecule has 0 aliphatic carbocycles. The van der Waals surface area contributed by atoms with Crippen LogP contribution >= 0.6 is 15.9 Å². The van der Waals surface area contributed by atoms with Crippen LogP contribution in [0, 0.1) is 12.7 Å². The molecule has 2 rings (SSSR count). The summed E-state index contributed by atoms with van der Waals surface area (Å²) in [4.78, 5) is 8.10. The minimum absolute atomic E-state index is 0.318. The highest BCUT2D eigenvalue weighted by atomic mass is 79.9. The summed E-state index contributed by atoms with van der Waals surface area (Å²) in [5.41, 5.74) is 7.10. The van der Waals surface area contributed by atoms with E-state index in [0.717, 1.165) is 5.56 Å². The first kappa shape index (κ1) is 11.8. The van der Waals surface area contributed by atoms with Crippen LogP contribution in [0.25, 0.3) is 0 Å². The van der Waals surface area contributed by atoms with Crippen molar-refractivity contribution in [2.45, 2.75) is 6.92 Å². The molecule has 4 nitrogen and oxygen atoms in total. The van der Waals surface area contributed by atoms with Gasteiger partial charge in [0, 0.05) is 11.8 Å². The van der Waals surface area contributed by atoms with Gasteiger partial charge in [-0.15, -0.1) is 0 Å². The minimum atomic E-state index is -0.318. The van der Waals surface area contributed by atoms with Crippen LogP contribution in [-0.4, -0.2) is 9.97 Å². The van der Waals surface area contributed by atoms with Crippen molar-refractivity contribution in [3.8, 4) is 0 Å². The minimum Gasteiger partial charge on any atom is -0.383 e. The third-order valence-electron chi connectivity index (χ3n) is 2.16. The van der Waals surface area contributed by atoms with Gasteiger partial charge in [-0.25, -0.2) is 9.37 Å². The number of nitrogens with two attached hydrogens (primary N) is 1. The number of anilines is 3. The molecule has 17 heavy (non-hydrogen) atoms. The number of benzene rings is 1. The zero-order valence-electron chi connectivity index (χ0n) is 9.04. The first-order valence-corrected chi connectivity index (χ1v) is 5.67. The normalized spacial score (nSPS) is 10.3. The first-order valence-electron chi connectivity index (χ1n) is 4.88. The van der Waals surface area contributed by atoms with Crippen LogP contribution < -0.4 is 11.1 Å². The lowest BCUT2D eigenvalue weighted by Crippen LogP contribution is -2.02.